The Labute approximate surface area is 109 Å². The van der Waals surface area contributed by atoms with E-state index in [1.807, 2.05) is 6.07 Å². The average Bonchev–Trinajstić information content (AvgIpc) is 2.35. The number of alkyl halides is 3. The van der Waals surface area contributed by atoms with Gasteiger partial charge in [0.1, 0.15) is 12.4 Å². The second-order valence-electron chi connectivity index (χ2n) is 3.85. The molecule has 0 atom stereocenters. The van der Waals surface area contributed by atoms with Gasteiger partial charge in [0.15, 0.2) is 0 Å². The Hall–Kier alpha value is -1.74. The van der Waals surface area contributed by atoms with Crippen LogP contribution in [0, 0.1) is 11.3 Å². The van der Waals surface area contributed by atoms with Gasteiger partial charge in [0, 0.05) is 6.42 Å². The first kappa shape index (κ1) is 15.3. The van der Waals surface area contributed by atoms with Crippen LogP contribution in [-0.2, 0) is 11.2 Å². The second kappa shape index (κ2) is 7.64. The molecule has 0 fully saturated rings. The molecule has 0 aromatic heterocycles. The zero-order chi connectivity index (χ0) is 14.1. The minimum atomic E-state index is -4.28. The van der Waals surface area contributed by atoms with Gasteiger partial charge in [0.25, 0.3) is 0 Å². The lowest BCUT2D eigenvalue weighted by atomic mass is 10.2. The monoisotopic (exact) mass is 273 g/mol. The van der Waals surface area contributed by atoms with E-state index in [1.54, 1.807) is 24.3 Å². The van der Waals surface area contributed by atoms with E-state index in [1.165, 1.54) is 0 Å². The molecule has 0 saturated carbocycles. The summed E-state index contributed by atoms with van der Waals surface area (Å²) >= 11 is 0. The van der Waals surface area contributed by atoms with Crippen molar-refractivity contribution in [2.45, 2.75) is 19.0 Å². The molecule has 0 bridgehead atoms. The van der Waals surface area contributed by atoms with Gasteiger partial charge in [0.2, 0.25) is 0 Å². The van der Waals surface area contributed by atoms with Crippen LogP contribution in [0.5, 0.6) is 5.75 Å². The molecule has 0 spiro atoms. The first-order valence-electron chi connectivity index (χ1n) is 5.74. The quantitative estimate of drug-likeness (QED) is 0.717. The number of halogens is 3. The highest BCUT2D eigenvalue weighted by molar-refractivity contribution is 5.28. The highest BCUT2D eigenvalue weighted by atomic mass is 19.4. The lowest BCUT2D eigenvalue weighted by Crippen LogP contribution is -2.18. The van der Waals surface area contributed by atoms with E-state index in [4.69, 9.17) is 10.00 Å². The molecule has 6 heteroatoms. The fourth-order valence-electron chi connectivity index (χ4n) is 1.33. The maximum atomic E-state index is 11.8. The van der Waals surface area contributed by atoms with Crippen LogP contribution in [0.3, 0.4) is 0 Å². The predicted octanol–water partition coefficient (Wildman–Crippen LogP) is 3.10. The third-order valence-corrected chi connectivity index (χ3v) is 2.17. The van der Waals surface area contributed by atoms with Crippen LogP contribution in [-0.4, -0.2) is 26.0 Å². The van der Waals surface area contributed by atoms with E-state index in [9.17, 15) is 13.2 Å². The number of hydrogen-bond donors (Lipinski definition) is 0. The summed E-state index contributed by atoms with van der Waals surface area (Å²) in [6, 6.07) is 9.04. The van der Waals surface area contributed by atoms with Crippen LogP contribution in [0.15, 0.2) is 24.3 Å². The maximum Gasteiger partial charge on any atom is 0.411 e. The van der Waals surface area contributed by atoms with Crippen molar-refractivity contribution in [2.24, 2.45) is 0 Å². The van der Waals surface area contributed by atoms with E-state index in [2.05, 4.69) is 4.74 Å². The van der Waals surface area contributed by atoms with Gasteiger partial charge in [-0.1, -0.05) is 12.1 Å². The number of nitriles is 1. The molecule has 1 aromatic rings. The van der Waals surface area contributed by atoms with Gasteiger partial charge >= 0.3 is 6.18 Å². The molecule has 0 heterocycles. The van der Waals surface area contributed by atoms with Crippen LogP contribution in [0.2, 0.25) is 0 Å². The van der Waals surface area contributed by atoms with Crippen LogP contribution in [0.4, 0.5) is 13.2 Å². The van der Waals surface area contributed by atoms with Crippen molar-refractivity contribution >= 4 is 0 Å². The summed E-state index contributed by atoms with van der Waals surface area (Å²) < 4.78 is 45.0. The molecule has 0 aliphatic carbocycles. The third-order valence-electron chi connectivity index (χ3n) is 2.17. The number of rotatable bonds is 7. The second-order valence-corrected chi connectivity index (χ2v) is 3.85. The molecule has 0 N–H and O–H groups in total. The number of nitrogens with zero attached hydrogens (tertiary/aromatic N) is 1. The highest BCUT2D eigenvalue weighted by Gasteiger charge is 2.27. The maximum absolute atomic E-state index is 11.8. The van der Waals surface area contributed by atoms with E-state index < -0.39 is 12.8 Å². The topological polar surface area (TPSA) is 42.2 Å². The van der Waals surface area contributed by atoms with Crippen molar-refractivity contribution in [3.8, 4) is 11.8 Å². The summed E-state index contributed by atoms with van der Waals surface area (Å²) in [6.07, 6.45) is -3.56. The van der Waals surface area contributed by atoms with Crippen LogP contribution >= 0.6 is 0 Å². The van der Waals surface area contributed by atoms with E-state index in [-0.39, 0.29) is 13.2 Å². The molecule has 0 amide bonds. The number of ether oxygens (including phenoxy) is 2. The van der Waals surface area contributed by atoms with Gasteiger partial charge in [-0.3, -0.25) is 0 Å². The van der Waals surface area contributed by atoms with Gasteiger partial charge in [-0.05, 0) is 17.7 Å². The van der Waals surface area contributed by atoms with Gasteiger partial charge in [-0.15, -0.1) is 0 Å². The summed E-state index contributed by atoms with van der Waals surface area (Å²) in [4.78, 5) is 0. The summed E-state index contributed by atoms with van der Waals surface area (Å²) in [5, 5.41) is 8.49. The van der Waals surface area contributed by atoms with E-state index in [0.29, 0.717) is 18.6 Å². The molecule has 0 aliphatic heterocycles. The Morgan fingerprint density at radius 2 is 1.79 bits per heavy atom. The van der Waals surface area contributed by atoms with Crippen molar-refractivity contribution in [1.82, 2.24) is 0 Å². The molecule has 0 aliphatic rings. The molecule has 0 saturated heterocycles. The summed E-state index contributed by atoms with van der Waals surface area (Å²) in [5.74, 6) is 0.623. The Morgan fingerprint density at radius 1 is 1.11 bits per heavy atom. The summed E-state index contributed by atoms with van der Waals surface area (Å²) in [5.41, 5.74) is 0.892. The van der Waals surface area contributed by atoms with E-state index in [0.717, 1.165) is 5.56 Å². The molecule has 104 valence electrons. The van der Waals surface area contributed by atoms with Gasteiger partial charge in [-0.2, -0.15) is 18.4 Å². The molecule has 19 heavy (non-hydrogen) atoms. The molecular formula is C13H14F3NO2. The minimum absolute atomic E-state index is 0.00598. The van der Waals surface area contributed by atoms with Crippen molar-refractivity contribution in [3.63, 3.8) is 0 Å². The zero-order valence-electron chi connectivity index (χ0n) is 10.2. The molecular weight excluding hydrogens is 259 g/mol. The fourth-order valence-corrected chi connectivity index (χ4v) is 1.33. The first-order chi connectivity index (χ1) is 9.01. The minimum Gasteiger partial charge on any atom is -0.494 e. The largest absolute Gasteiger partial charge is 0.494 e. The highest BCUT2D eigenvalue weighted by Crippen LogP contribution is 2.15. The van der Waals surface area contributed by atoms with Gasteiger partial charge in [-0.25, -0.2) is 0 Å². The summed E-state index contributed by atoms with van der Waals surface area (Å²) in [7, 11) is 0. The van der Waals surface area contributed by atoms with Crippen LogP contribution in [0.1, 0.15) is 12.0 Å². The Bertz CT molecular complexity index is 409. The molecule has 1 rings (SSSR count). The molecule has 0 radical (unpaired) electrons. The molecule has 3 nitrogen and oxygen atoms in total. The van der Waals surface area contributed by atoms with Gasteiger partial charge in [0.05, 0.1) is 25.7 Å². The van der Waals surface area contributed by atoms with Crippen molar-refractivity contribution in [1.29, 1.82) is 5.26 Å². The molecule has 1 aromatic carbocycles. The van der Waals surface area contributed by atoms with Crippen LogP contribution < -0.4 is 4.74 Å². The fraction of sp³-hybridized carbons (Fsp3) is 0.462. The lowest BCUT2D eigenvalue weighted by Gasteiger charge is -2.08. The van der Waals surface area contributed by atoms with Crippen molar-refractivity contribution in [3.05, 3.63) is 29.8 Å². The van der Waals surface area contributed by atoms with Crippen LogP contribution in [0.25, 0.3) is 0 Å². The molecule has 0 unspecified atom stereocenters. The Morgan fingerprint density at radius 3 is 2.37 bits per heavy atom. The predicted molar refractivity (Wildman–Crippen MR) is 62.7 cm³/mol. The number of hydrogen-bond acceptors (Lipinski definition) is 3. The van der Waals surface area contributed by atoms with Crippen molar-refractivity contribution < 1.29 is 22.6 Å². The van der Waals surface area contributed by atoms with Crippen molar-refractivity contribution in [2.75, 3.05) is 19.8 Å². The Kier molecular flexibility index (Phi) is 6.16. The Balaban J connectivity index is 2.14. The van der Waals surface area contributed by atoms with E-state index >= 15 is 0 Å². The van der Waals surface area contributed by atoms with Gasteiger partial charge < -0.3 is 9.47 Å². The summed E-state index contributed by atoms with van der Waals surface area (Å²) in [6.45, 7) is -0.933. The zero-order valence-corrected chi connectivity index (χ0v) is 10.2. The lowest BCUT2D eigenvalue weighted by molar-refractivity contribution is -0.174. The smallest absolute Gasteiger partial charge is 0.411 e. The first-order valence-corrected chi connectivity index (χ1v) is 5.74. The standard InChI is InChI=1S/C13H14F3NO2/c14-13(15,16)10-18-8-1-9-19-12-4-2-11(3-5-12)6-7-17/h2-5H,1,6,8-10H2. The average molecular weight is 273 g/mol. The SMILES string of the molecule is N#CCc1ccc(OCCCOCC(F)(F)F)cc1. The third kappa shape index (κ3) is 7.32. The normalized spacial score (nSPS) is 11.1. The number of benzene rings is 1.